The minimum Gasteiger partial charge on any atom is -0.378 e. The van der Waals surface area contributed by atoms with Gasteiger partial charge in [-0.25, -0.2) is 4.98 Å². The first-order valence-corrected chi connectivity index (χ1v) is 4.72. The average molecular weight is 241 g/mol. The van der Waals surface area contributed by atoms with Crippen molar-refractivity contribution in [2.75, 3.05) is 7.11 Å². The largest absolute Gasteiger partial charge is 0.378 e. The lowest BCUT2D eigenvalue weighted by atomic mass is 10.5. The van der Waals surface area contributed by atoms with Gasteiger partial charge < -0.3 is 4.74 Å². The van der Waals surface area contributed by atoms with Crippen LogP contribution in [0.15, 0.2) is 29.0 Å². The maximum absolute atomic E-state index is 5.01. The lowest BCUT2D eigenvalue weighted by molar-refractivity contribution is 0.182. The van der Waals surface area contributed by atoms with Gasteiger partial charge in [-0.05, 0) is 28.1 Å². The lowest BCUT2D eigenvalue weighted by Gasteiger charge is -1.93. The van der Waals surface area contributed by atoms with Crippen LogP contribution in [0, 0.1) is 0 Å². The molecule has 0 aliphatic rings. The SMILES string of the molecule is COCc1cn2c(Br)cccc2n1. The van der Waals surface area contributed by atoms with Crippen LogP contribution in [0.25, 0.3) is 5.65 Å². The quantitative estimate of drug-likeness (QED) is 0.754. The van der Waals surface area contributed by atoms with E-state index in [0.29, 0.717) is 6.61 Å². The number of hydrogen-bond acceptors (Lipinski definition) is 2. The van der Waals surface area contributed by atoms with Crippen LogP contribution in [-0.2, 0) is 11.3 Å². The summed E-state index contributed by atoms with van der Waals surface area (Å²) in [4.78, 5) is 4.37. The van der Waals surface area contributed by atoms with Crippen LogP contribution < -0.4 is 0 Å². The summed E-state index contributed by atoms with van der Waals surface area (Å²) in [6.07, 6.45) is 1.96. The average Bonchev–Trinajstić information content (AvgIpc) is 2.49. The number of hydrogen-bond donors (Lipinski definition) is 0. The predicted octanol–water partition coefficient (Wildman–Crippen LogP) is 2.24. The third kappa shape index (κ3) is 1.59. The summed E-state index contributed by atoms with van der Waals surface area (Å²) in [6.45, 7) is 0.550. The molecule has 68 valence electrons. The Kier molecular flexibility index (Phi) is 2.33. The van der Waals surface area contributed by atoms with Crippen molar-refractivity contribution in [3.05, 3.63) is 34.7 Å². The van der Waals surface area contributed by atoms with Gasteiger partial charge in [0.1, 0.15) is 5.65 Å². The number of aromatic nitrogens is 2. The van der Waals surface area contributed by atoms with Crippen LogP contribution in [0.3, 0.4) is 0 Å². The highest BCUT2D eigenvalue weighted by Crippen LogP contribution is 2.14. The Labute approximate surface area is 84.5 Å². The van der Waals surface area contributed by atoms with E-state index < -0.39 is 0 Å². The van der Waals surface area contributed by atoms with E-state index in [1.165, 1.54) is 0 Å². The van der Waals surface area contributed by atoms with Crippen LogP contribution in [-0.4, -0.2) is 16.5 Å². The maximum Gasteiger partial charge on any atom is 0.137 e. The summed E-state index contributed by atoms with van der Waals surface area (Å²) in [7, 11) is 1.67. The third-order valence-electron chi connectivity index (χ3n) is 1.78. The molecule has 0 atom stereocenters. The molecule has 0 N–H and O–H groups in total. The first kappa shape index (κ1) is 8.72. The zero-order valence-corrected chi connectivity index (χ0v) is 8.78. The maximum atomic E-state index is 5.01. The molecule has 0 aliphatic carbocycles. The minimum absolute atomic E-state index is 0.550. The van der Waals surface area contributed by atoms with Crippen molar-refractivity contribution in [2.45, 2.75) is 6.61 Å². The van der Waals surface area contributed by atoms with Gasteiger partial charge in [-0.15, -0.1) is 0 Å². The second-order valence-electron chi connectivity index (χ2n) is 2.74. The van der Waals surface area contributed by atoms with Crippen LogP contribution >= 0.6 is 15.9 Å². The van der Waals surface area contributed by atoms with Gasteiger partial charge in [0.05, 0.1) is 16.9 Å². The molecule has 2 rings (SSSR count). The first-order valence-electron chi connectivity index (χ1n) is 3.92. The van der Waals surface area contributed by atoms with Crippen molar-refractivity contribution < 1.29 is 4.74 Å². The van der Waals surface area contributed by atoms with E-state index in [-0.39, 0.29) is 0 Å². The number of ether oxygens (including phenoxy) is 1. The number of imidazole rings is 1. The number of nitrogens with zero attached hydrogens (tertiary/aromatic N) is 2. The van der Waals surface area contributed by atoms with E-state index in [1.807, 2.05) is 28.8 Å². The van der Waals surface area contributed by atoms with E-state index in [4.69, 9.17) is 4.74 Å². The molecule has 2 aromatic heterocycles. The number of pyridine rings is 1. The van der Waals surface area contributed by atoms with E-state index in [1.54, 1.807) is 7.11 Å². The van der Waals surface area contributed by atoms with Crippen LogP contribution in [0.4, 0.5) is 0 Å². The summed E-state index contributed by atoms with van der Waals surface area (Å²) in [6, 6.07) is 5.90. The number of rotatable bonds is 2. The Bertz CT molecular complexity index is 424. The van der Waals surface area contributed by atoms with Gasteiger partial charge in [-0.3, -0.25) is 4.40 Å². The second kappa shape index (κ2) is 3.47. The van der Waals surface area contributed by atoms with E-state index in [0.717, 1.165) is 15.9 Å². The van der Waals surface area contributed by atoms with Crippen LogP contribution in [0.1, 0.15) is 5.69 Å². The fourth-order valence-electron chi connectivity index (χ4n) is 1.25. The summed E-state index contributed by atoms with van der Waals surface area (Å²) in [5.41, 5.74) is 1.87. The van der Waals surface area contributed by atoms with Gasteiger partial charge in [0.25, 0.3) is 0 Å². The predicted molar refractivity (Wildman–Crippen MR) is 53.6 cm³/mol. The van der Waals surface area contributed by atoms with Crippen LogP contribution in [0.2, 0.25) is 0 Å². The van der Waals surface area contributed by atoms with E-state index >= 15 is 0 Å². The molecule has 0 radical (unpaired) electrons. The smallest absolute Gasteiger partial charge is 0.137 e. The third-order valence-corrected chi connectivity index (χ3v) is 2.43. The fraction of sp³-hybridized carbons (Fsp3) is 0.222. The molecule has 0 spiro atoms. The molecule has 0 unspecified atom stereocenters. The van der Waals surface area contributed by atoms with Crippen molar-refractivity contribution in [3.63, 3.8) is 0 Å². The fourth-order valence-corrected chi connectivity index (χ4v) is 1.68. The molecule has 2 aromatic rings. The molecule has 4 heteroatoms. The molecule has 0 amide bonds. The number of fused-ring (bicyclic) bond motifs is 1. The molecule has 0 saturated carbocycles. The van der Waals surface area contributed by atoms with Gasteiger partial charge in [-0.1, -0.05) is 6.07 Å². The zero-order valence-electron chi connectivity index (χ0n) is 7.20. The second-order valence-corrected chi connectivity index (χ2v) is 3.55. The molecule has 0 aliphatic heterocycles. The molecule has 0 fully saturated rings. The van der Waals surface area contributed by atoms with Crippen molar-refractivity contribution in [3.8, 4) is 0 Å². The van der Waals surface area contributed by atoms with Gasteiger partial charge in [0.15, 0.2) is 0 Å². The highest BCUT2D eigenvalue weighted by atomic mass is 79.9. The number of methoxy groups -OCH3 is 1. The topological polar surface area (TPSA) is 26.5 Å². The summed E-state index contributed by atoms with van der Waals surface area (Å²) >= 11 is 3.44. The summed E-state index contributed by atoms with van der Waals surface area (Å²) < 4.78 is 7.99. The molecular formula is C9H9BrN2O. The summed E-state index contributed by atoms with van der Waals surface area (Å²) in [5, 5.41) is 0. The normalized spacial score (nSPS) is 10.9. The molecule has 0 saturated heterocycles. The summed E-state index contributed by atoms with van der Waals surface area (Å²) in [5.74, 6) is 0. The van der Waals surface area contributed by atoms with Gasteiger partial charge in [-0.2, -0.15) is 0 Å². The molecule has 2 heterocycles. The van der Waals surface area contributed by atoms with Crippen molar-refractivity contribution in [1.29, 1.82) is 0 Å². The Morgan fingerprint density at radius 1 is 1.54 bits per heavy atom. The van der Waals surface area contributed by atoms with E-state index in [9.17, 15) is 0 Å². The van der Waals surface area contributed by atoms with Crippen molar-refractivity contribution in [1.82, 2.24) is 9.38 Å². The van der Waals surface area contributed by atoms with E-state index in [2.05, 4.69) is 20.9 Å². The molecule has 13 heavy (non-hydrogen) atoms. The Morgan fingerprint density at radius 2 is 2.38 bits per heavy atom. The van der Waals surface area contributed by atoms with Gasteiger partial charge in [0, 0.05) is 13.3 Å². The molecule has 0 bridgehead atoms. The molecular weight excluding hydrogens is 232 g/mol. The van der Waals surface area contributed by atoms with Crippen LogP contribution in [0.5, 0.6) is 0 Å². The first-order chi connectivity index (χ1) is 6.31. The molecule has 0 aromatic carbocycles. The highest BCUT2D eigenvalue weighted by molar-refractivity contribution is 9.10. The van der Waals surface area contributed by atoms with Crippen molar-refractivity contribution >= 4 is 21.6 Å². The Hall–Kier alpha value is -0.870. The Balaban J connectivity index is 2.55. The van der Waals surface area contributed by atoms with Crippen molar-refractivity contribution in [2.24, 2.45) is 0 Å². The number of halogens is 1. The van der Waals surface area contributed by atoms with Gasteiger partial charge >= 0.3 is 0 Å². The monoisotopic (exact) mass is 240 g/mol. The zero-order chi connectivity index (χ0) is 9.26. The lowest BCUT2D eigenvalue weighted by Crippen LogP contribution is -1.85. The Morgan fingerprint density at radius 3 is 3.08 bits per heavy atom. The molecule has 3 nitrogen and oxygen atoms in total. The standard InChI is InChI=1S/C9H9BrN2O/c1-13-6-7-5-12-8(10)3-2-4-9(12)11-7/h2-5H,6H2,1H3. The highest BCUT2D eigenvalue weighted by Gasteiger charge is 2.02. The minimum atomic E-state index is 0.550. The van der Waals surface area contributed by atoms with Gasteiger partial charge in [0.2, 0.25) is 0 Å².